The van der Waals surface area contributed by atoms with Crippen molar-refractivity contribution in [3.05, 3.63) is 52.7 Å². The minimum Gasteiger partial charge on any atom is -0.365 e. The molecule has 2 atom stereocenters. The molecule has 150 valence electrons. The number of aryl methyl sites for hydroxylation is 1. The Hall–Kier alpha value is -2.81. The van der Waals surface area contributed by atoms with Crippen LogP contribution in [-0.4, -0.2) is 49.9 Å². The summed E-state index contributed by atoms with van der Waals surface area (Å²) in [4.78, 5) is 24.3. The maximum atomic E-state index is 11.7. The number of nitrogens with zero attached hydrogens (tertiary/aromatic N) is 6. The zero-order chi connectivity index (χ0) is 20.4. The predicted molar refractivity (Wildman–Crippen MR) is 115 cm³/mol. The number of halogens is 1. The predicted octanol–water partition coefficient (Wildman–Crippen LogP) is 3.41. The van der Waals surface area contributed by atoms with Gasteiger partial charge in [0.25, 0.3) is 0 Å². The molecule has 0 bridgehead atoms. The summed E-state index contributed by atoms with van der Waals surface area (Å²) < 4.78 is 0.950. The molecule has 1 aliphatic heterocycles. The molecule has 1 N–H and O–H groups in total. The van der Waals surface area contributed by atoms with Gasteiger partial charge >= 0.3 is 0 Å². The first-order valence-electron chi connectivity index (χ1n) is 9.54. The summed E-state index contributed by atoms with van der Waals surface area (Å²) in [6.45, 7) is 5.07. The molecule has 0 amide bonds. The monoisotopic (exact) mass is 455 g/mol. The number of pyridine rings is 2. The van der Waals surface area contributed by atoms with E-state index >= 15 is 0 Å². The molecule has 3 aromatic heterocycles. The number of piperidine rings is 1. The van der Waals surface area contributed by atoms with Crippen molar-refractivity contribution < 1.29 is 4.79 Å². The van der Waals surface area contributed by atoms with Gasteiger partial charge in [0.1, 0.15) is 17.2 Å². The average molecular weight is 456 g/mol. The van der Waals surface area contributed by atoms with Crippen LogP contribution in [0.15, 0.2) is 41.4 Å². The zero-order valence-electron chi connectivity index (χ0n) is 16.3. The fourth-order valence-electron chi connectivity index (χ4n) is 3.88. The highest BCUT2D eigenvalue weighted by atomic mass is 79.9. The minimum absolute atomic E-state index is 0.170. The third-order valence-corrected chi connectivity index (χ3v) is 5.77. The van der Waals surface area contributed by atoms with Gasteiger partial charge in [-0.15, -0.1) is 4.80 Å². The smallest absolute Gasteiger partial charge is 0.170 e. The van der Waals surface area contributed by atoms with Gasteiger partial charge in [-0.3, -0.25) is 9.78 Å². The average Bonchev–Trinajstić information content (AvgIpc) is 3.26. The Bertz CT molecular complexity index is 991. The van der Waals surface area contributed by atoms with Crippen molar-refractivity contribution >= 4 is 33.7 Å². The number of nitrogens with one attached hydrogen (secondary N) is 1. The van der Waals surface area contributed by atoms with E-state index in [1.54, 1.807) is 24.8 Å². The summed E-state index contributed by atoms with van der Waals surface area (Å²) in [6, 6.07) is 4.33. The second kappa shape index (κ2) is 8.28. The van der Waals surface area contributed by atoms with E-state index in [1.807, 2.05) is 19.1 Å². The van der Waals surface area contributed by atoms with Gasteiger partial charge in [0, 0.05) is 35.5 Å². The quantitative estimate of drug-likeness (QED) is 0.589. The second-order valence-corrected chi connectivity index (χ2v) is 8.06. The first kappa shape index (κ1) is 19.5. The molecule has 1 saturated heterocycles. The van der Waals surface area contributed by atoms with Crippen molar-refractivity contribution in [3.8, 4) is 5.69 Å². The Balaban J connectivity index is 1.70. The van der Waals surface area contributed by atoms with Crippen LogP contribution in [0.5, 0.6) is 0 Å². The van der Waals surface area contributed by atoms with Gasteiger partial charge in [-0.1, -0.05) is 0 Å². The van der Waals surface area contributed by atoms with Gasteiger partial charge in [-0.25, -0.2) is 4.98 Å². The number of aldehydes is 1. The SMILES string of the molecule is Cc1cnc(C=O)c(-n2nccn2)c1N1CCC[C@@H](Nc2ccc(Br)cn2)[C@@H]1C. The van der Waals surface area contributed by atoms with Crippen molar-refractivity contribution in [1.29, 1.82) is 0 Å². The van der Waals surface area contributed by atoms with Gasteiger partial charge in [-0.05, 0) is 60.3 Å². The molecule has 0 saturated carbocycles. The van der Waals surface area contributed by atoms with Gasteiger partial charge in [-0.2, -0.15) is 10.2 Å². The summed E-state index contributed by atoms with van der Waals surface area (Å²) in [7, 11) is 0. The highest BCUT2D eigenvalue weighted by Gasteiger charge is 2.32. The molecule has 8 nitrogen and oxygen atoms in total. The second-order valence-electron chi connectivity index (χ2n) is 7.15. The van der Waals surface area contributed by atoms with Crippen molar-refractivity contribution in [2.45, 2.75) is 38.8 Å². The van der Waals surface area contributed by atoms with Crippen LogP contribution in [0.2, 0.25) is 0 Å². The van der Waals surface area contributed by atoms with Crippen LogP contribution in [0.25, 0.3) is 5.69 Å². The van der Waals surface area contributed by atoms with Crippen LogP contribution in [0.3, 0.4) is 0 Å². The van der Waals surface area contributed by atoms with E-state index in [0.29, 0.717) is 11.4 Å². The van der Waals surface area contributed by atoms with E-state index in [1.165, 1.54) is 4.80 Å². The van der Waals surface area contributed by atoms with Crippen molar-refractivity contribution in [3.63, 3.8) is 0 Å². The zero-order valence-corrected chi connectivity index (χ0v) is 17.9. The van der Waals surface area contributed by atoms with E-state index in [2.05, 4.69) is 53.2 Å². The maximum absolute atomic E-state index is 11.7. The van der Waals surface area contributed by atoms with Crippen molar-refractivity contribution in [2.75, 3.05) is 16.8 Å². The Morgan fingerprint density at radius 3 is 2.66 bits per heavy atom. The molecule has 4 heterocycles. The topological polar surface area (TPSA) is 88.8 Å². The lowest BCUT2D eigenvalue weighted by Crippen LogP contribution is -2.50. The Morgan fingerprint density at radius 1 is 1.17 bits per heavy atom. The molecule has 9 heteroatoms. The fourth-order valence-corrected chi connectivity index (χ4v) is 4.11. The highest BCUT2D eigenvalue weighted by Crippen LogP contribution is 2.34. The standard InChI is InChI=1S/C20H22BrN7O/c1-13-10-22-17(12-29)20(28-24-7-8-25-28)19(13)27-9-3-4-16(14(27)2)26-18-6-5-15(21)11-23-18/h5-8,10-12,14,16H,3-4,9H2,1-2H3,(H,23,26)/t14-,16+/m0/s1. The van der Waals surface area contributed by atoms with E-state index in [4.69, 9.17) is 0 Å². The van der Waals surface area contributed by atoms with Gasteiger partial charge in [0.05, 0.1) is 18.1 Å². The molecule has 0 radical (unpaired) electrons. The third kappa shape index (κ3) is 3.87. The van der Waals surface area contributed by atoms with Crippen LogP contribution < -0.4 is 10.2 Å². The number of rotatable bonds is 5. The molecular weight excluding hydrogens is 434 g/mol. The minimum atomic E-state index is 0.170. The Kier molecular flexibility index (Phi) is 5.57. The lowest BCUT2D eigenvalue weighted by molar-refractivity contribution is 0.111. The molecule has 0 spiro atoms. The number of anilines is 2. The lowest BCUT2D eigenvalue weighted by Gasteiger charge is -2.42. The molecule has 0 unspecified atom stereocenters. The summed E-state index contributed by atoms with van der Waals surface area (Å²) >= 11 is 3.42. The Labute approximate surface area is 177 Å². The van der Waals surface area contributed by atoms with Crippen LogP contribution >= 0.6 is 15.9 Å². The highest BCUT2D eigenvalue weighted by molar-refractivity contribution is 9.10. The summed E-state index contributed by atoms with van der Waals surface area (Å²) in [6.07, 6.45) is 9.55. The van der Waals surface area contributed by atoms with Gasteiger partial charge < -0.3 is 10.2 Å². The number of hydrogen-bond donors (Lipinski definition) is 1. The third-order valence-electron chi connectivity index (χ3n) is 5.30. The molecule has 0 aromatic carbocycles. The van der Waals surface area contributed by atoms with Gasteiger partial charge in [0.2, 0.25) is 0 Å². The molecule has 0 aliphatic carbocycles. The van der Waals surface area contributed by atoms with Crippen LogP contribution in [0, 0.1) is 6.92 Å². The van der Waals surface area contributed by atoms with Gasteiger partial charge in [0.15, 0.2) is 6.29 Å². The van der Waals surface area contributed by atoms with E-state index in [0.717, 1.165) is 47.2 Å². The molecule has 1 fully saturated rings. The molecule has 1 aliphatic rings. The number of hydrogen-bond acceptors (Lipinski definition) is 7. The number of aromatic nitrogens is 5. The maximum Gasteiger partial charge on any atom is 0.170 e. The normalized spacial score (nSPS) is 19.2. The number of carbonyl (C=O) groups is 1. The number of carbonyl (C=O) groups excluding carboxylic acids is 1. The molecular formula is C20H22BrN7O. The Morgan fingerprint density at radius 2 is 1.97 bits per heavy atom. The summed E-state index contributed by atoms with van der Waals surface area (Å²) in [5.74, 6) is 0.848. The van der Waals surface area contributed by atoms with E-state index in [-0.39, 0.29) is 12.1 Å². The largest absolute Gasteiger partial charge is 0.365 e. The van der Waals surface area contributed by atoms with E-state index < -0.39 is 0 Å². The van der Waals surface area contributed by atoms with Crippen LogP contribution in [0.4, 0.5) is 11.5 Å². The summed E-state index contributed by atoms with van der Waals surface area (Å²) in [5, 5.41) is 12.1. The lowest BCUT2D eigenvalue weighted by atomic mass is 9.95. The fraction of sp³-hybridized carbons (Fsp3) is 0.350. The molecule has 3 aromatic rings. The van der Waals surface area contributed by atoms with E-state index in [9.17, 15) is 4.79 Å². The van der Waals surface area contributed by atoms with Crippen molar-refractivity contribution in [2.24, 2.45) is 0 Å². The van der Waals surface area contributed by atoms with Crippen LogP contribution in [0.1, 0.15) is 35.8 Å². The van der Waals surface area contributed by atoms with Crippen molar-refractivity contribution in [1.82, 2.24) is 25.0 Å². The molecule has 29 heavy (non-hydrogen) atoms. The first-order valence-corrected chi connectivity index (χ1v) is 10.3. The van der Waals surface area contributed by atoms with Crippen LogP contribution in [-0.2, 0) is 0 Å². The summed E-state index contributed by atoms with van der Waals surface area (Å²) in [5.41, 5.74) is 2.89. The molecule has 4 rings (SSSR count). The first-order chi connectivity index (χ1) is 14.1.